The summed E-state index contributed by atoms with van der Waals surface area (Å²) >= 11 is 0. The average Bonchev–Trinajstić information content (AvgIpc) is 2.77. The average molecular weight is 321 g/mol. The summed E-state index contributed by atoms with van der Waals surface area (Å²) in [7, 11) is 0. The van der Waals surface area contributed by atoms with E-state index in [1.807, 2.05) is 4.90 Å². The Morgan fingerprint density at radius 1 is 1.26 bits per heavy atom. The van der Waals surface area contributed by atoms with Gasteiger partial charge in [0.2, 0.25) is 5.91 Å². The Balaban J connectivity index is 1.66. The lowest BCUT2D eigenvalue weighted by atomic mass is 9.98. The number of β-amino-alcohol motifs (C(OH)–C–C–N with tert-alkyl or cyclic N) is 1. The number of ether oxygens (including phenoxy) is 1. The molecule has 1 unspecified atom stereocenters. The van der Waals surface area contributed by atoms with Gasteiger partial charge < -0.3 is 25.4 Å². The van der Waals surface area contributed by atoms with E-state index in [1.54, 1.807) is 11.0 Å². The number of nitrogens with zero attached hydrogens (tertiary/aromatic N) is 4. The summed E-state index contributed by atoms with van der Waals surface area (Å²) in [5, 5.41) is 10.3. The molecule has 0 aromatic carbocycles. The SMILES string of the molecule is Nc1cc(N2CCN(C(=O)C3CCOCC3)CC(O)C2)ncn1. The molecule has 3 rings (SSSR count). The van der Waals surface area contributed by atoms with E-state index in [1.165, 1.54) is 6.33 Å². The minimum Gasteiger partial charge on any atom is -0.389 e. The number of aliphatic hydroxyl groups is 1. The van der Waals surface area contributed by atoms with E-state index < -0.39 is 6.10 Å². The van der Waals surface area contributed by atoms with E-state index in [2.05, 4.69) is 9.97 Å². The number of rotatable bonds is 2. The first-order valence-corrected chi connectivity index (χ1v) is 8.00. The van der Waals surface area contributed by atoms with E-state index >= 15 is 0 Å². The summed E-state index contributed by atoms with van der Waals surface area (Å²) in [6.45, 7) is 3.24. The molecule has 1 amide bonds. The van der Waals surface area contributed by atoms with Crippen LogP contribution in [0, 0.1) is 5.92 Å². The van der Waals surface area contributed by atoms with Crippen molar-refractivity contribution < 1.29 is 14.6 Å². The van der Waals surface area contributed by atoms with Crippen LogP contribution in [0.3, 0.4) is 0 Å². The van der Waals surface area contributed by atoms with Crippen LogP contribution in [0.2, 0.25) is 0 Å². The van der Waals surface area contributed by atoms with Crippen molar-refractivity contribution in [2.45, 2.75) is 18.9 Å². The van der Waals surface area contributed by atoms with Crippen LogP contribution in [0.4, 0.5) is 11.6 Å². The van der Waals surface area contributed by atoms with Crippen molar-refractivity contribution in [2.24, 2.45) is 5.92 Å². The molecule has 0 saturated carbocycles. The van der Waals surface area contributed by atoms with Gasteiger partial charge in [0.15, 0.2) is 0 Å². The number of hydrogen-bond donors (Lipinski definition) is 2. The van der Waals surface area contributed by atoms with Gasteiger partial charge in [-0.05, 0) is 12.8 Å². The zero-order chi connectivity index (χ0) is 16.2. The molecule has 1 aromatic heterocycles. The zero-order valence-corrected chi connectivity index (χ0v) is 13.1. The number of carbonyl (C=O) groups excluding carboxylic acids is 1. The Kier molecular flexibility index (Phi) is 4.92. The van der Waals surface area contributed by atoms with E-state index in [9.17, 15) is 9.90 Å². The van der Waals surface area contributed by atoms with Crippen molar-refractivity contribution in [3.05, 3.63) is 12.4 Å². The van der Waals surface area contributed by atoms with Gasteiger partial charge >= 0.3 is 0 Å². The van der Waals surface area contributed by atoms with Crippen LogP contribution in [-0.2, 0) is 9.53 Å². The van der Waals surface area contributed by atoms with Crippen molar-refractivity contribution >= 4 is 17.5 Å². The third kappa shape index (κ3) is 3.89. The largest absolute Gasteiger partial charge is 0.389 e. The summed E-state index contributed by atoms with van der Waals surface area (Å²) in [4.78, 5) is 24.4. The normalized spacial score (nSPS) is 23.6. The summed E-state index contributed by atoms with van der Waals surface area (Å²) < 4.78 is 5.31. The molecule has 2 saturated heterocycles. The fourth-order valence-electron chi connectivity index (χ4n) is 3.14. The first kappa shape index (κ1) is 15.9. The van der Waals surface area contributed by atoms with Crippen molar-refractivity contribution in [1.29, 1.82) is 0 Å². The van der Waals surface area contributed by atoms with Crippen LogP contribution in [0.1, 0.15) is 12.8 Å². The van der Waals surface area contributed by atoms with Crippen molar-refractivity contribution in [2.75, 3.05) is 50.0 Å². The number of aromatic nitrogens is 2. The van der Waals surface area contributed by atoms with Crippen molar-refractivity contribution in [1.82, 2.24) is 14.9 Å². The van der Waals surface area contributed by atoms with Gasteiger partial charge in [0, 0.05) is 51.4 Å². The Labute approximate surface area is 135 Å². The molecule has 1 atom stereocenters. The van der Waals surface area contributed by atoms with Gasteiger partial charge in [-0.15, -0.1) is 0 Å². The molecule has 1 aromatic rings. The molecule has 8 heteroatoms. The number of carbonyl (C=O) groups is 1. The Morgan fingerprint density at radius 3 is 2.78 bits per heavy atom. The summed E-state index contributed by atoms with van der Waals surface area (Å²) in [6, 6.07) is 1.68. The maximum absolute atomic E-state index is 12.6. The highest BCUT2D eigenvalue weighted by Crippen LogP contribution is 2.20. The van der Waals surface area contributed by atoms with Gasteiger partial charge in [-0.3, -0.25) is 4.79 Å². The summed E-state index contributed by atoms with van der Waals surface area (Å²) in [5.41, 5.74) is 5.70. The second-order valence-electron chi connectivity index (χ2n) is 6.07. The fraction of sp³-hybridized carbons (Fsp3) is 0.667. The van der Waals surface area contributed by atoms with Gasteiger partial charge in [-0.1, -0.05) is 0 Å². The monoisotopic (exact) mass is 321 g/mol. The third-order valence-electron chi connectivity index (χ3n) is 4.38. The quantitative estimate of drug-likeness (QED) is 0.756. The van der Waals surface area contributed by atoms with Gasteiger partial charge in [-0.2, -0.15) is 0 Å². The minimum atomic E-state index is -0.613. The van der Waals surface area contributed by atoms with Crippen LogP contribution in [0.15, 0.2) is 12.4 Å². The maximum atomic E-state index is 12.6. The highest BCUT2D eigenvalue weighted by atomic mass is 16.5. The Morgan fingerprint density at radius 2 is 2.04 bits per heavy atom. The zero-order valence-electron chi connectivity index (χ0n) is 13.1. The van der Waals surface area contributed by atoms with Crippen molar-refractivity contribution in [3.63, 3.8) is 0 Å². The third-order valence-corrected chi connectivity index (χ3v) is 4.38. The van der Waals surface area contributed by atoms with Crippen LogP contribution in [0.25, 0.3) is 0 Å². The molecule has 8 nitrogen and oxygen atoms in total. The van der Waals surface area contributed by atoms with E-state index in [0.29, 0.717) is 51.0 Å². The predicted octanol–water partition coefficient (Wildman–Crippen LogP) is -0.505. The first-order valence-electron chi connectivity index (χ1n) is 8.00. The summed E-state index contributed by atoms with van der Waals surface area (Å²) in [6.07, 6.45) is 2.32. The van der Waals surface area contributed by atoms with Gasteiger partial charge in [0.1, 0.15) is 18.0 Å². The van der Waals surface area contributed by atoms with E-state index in [0.717, 1.165) is 12.8 Å². The Hall–Kier alpha value is -1.93. The summed E-state index contributed by atoms with van der Waals surface area (Å²) in [5.74, 6) is 1.20. The molecule has 126 valence electrons. The predicted molar refractivity (Wildman–Crippen MR) is 84.8 cm³/mol. The number of hydrogen-bond acceptors (Lipinski definition) is 7. The molecule has 2 fully saturated rings. The number of nitrogen functional groups attached to an aromatic ring is 1. The van der Waals surface area contributed by atoms with Crippen LogP contribution in [-0.4, -0.2) is 71.4 Å². The molecule has 0 bridgehead atoms. The van der Waals surface area contributed by atoms with Crippen LogP contribution < -0.4 is 10.6 Å². The number of nitrogens with two attached hydrogens (primary N) is 1. The molecule has 3 N–H and O–H groups in total. The van der Waals surface area contributed by atoms with Gasteiger partial charge in [0.25, 0.3) is 0 Å². The lowest BCUT2D eigenvalue weighted by Gasteiger charge is -2.29. The molecule has 2 aliphatic heterocycles. The second kappa shape index (κ2) is 7.10. The fourth-order valence-corrected chi connectivity index (χ4v) is 3.14. The number of anilines is 2. The number of amides is 1. The minimum absolute atomic E-state index is 0.0113. The van der Waals surface area contributed by atoms with E-state index in [4.69, 9.17) is 10.5 Å². The molecular weight excluding hydrogens is 298 g/mol. The molecular formula is C15H23N5O3. The molecule has 0 aliphatic carbocycles. The smallest absolute Gasteiger partial charge is 0.226 e. The maximum Gasteiger partial charge on any atom is 0.226 e. The van der Waals surface area contributed by atoms with Crippen LogP contribution >= 0.6 is 0 Å². The van der Waals surface area contributed by atoms with Crippen LogP contribution in [0.5, 0.6) is 0 Å². The van der Waals surface area contributed by atoms with Gasteiger partial charge in [0.05, 0.1) is 6.10 Å². The molecule has 23 heavy (non-hydrogen) atoms. The Bertz CT molecular complexity index is 550. The molecule has 0 spiro atoms. The first-order chi connectivity index (χ1) is 11.1. The molecule has 2 aliphatic rings. The lowest BCUT2D eigenvalue weighted by molar-refractivity contribution is -0.139. The highest BCUT2D eigenvalue weighted by Gasteiger charge is 2.30. The lowest BCUT2D eigenvalue weighted by Crippen LogP contribution is -2.42. The van der Waals surface area contributed by atoms with Crippen molar-refractivity contribution in [3.8, 4) is 0 Å². The molecule has 3 heterocycles. The molecule has 0 radical (unpaired) electrons. The standard InChI is InChI=1S/C15H23N5O3/c16-13-7-14(18-10-17-13)19-3-4-20(9-12(21)8-19)15(22)11-1-5-23-6-2-11/h7,10-12,21H,1-6,8-9H2,(H2,16,17,18). The second-order valence-corrected chi connectivity index (χ2v) is 6.07. The van der Waals surface area contributed by atoms with Gasteiger partial charge in [-0.25, -0.2) is 9.97 Å². The van der Waals surface area contributed by atoms with E-state index in [-0.39, 0.29) is 11.8 Å². The number of aliphatic hydroxyl groups excluding tert-OH is 1. The topological polar surface area (TPSA) is 105 Å². The highest BCUT2D eigenvalue weighted by molar-refractivity contribution is 5.79.